The smallest absolute Gasteiger partial charge is 0.136 e. The van der Waals surface area contributed by atoms with Crippen molar-refractivity contribution in [1.82, 2.24) is 0 Å². The van der Waals surface area contributed by atoms with Crippen LogP contribution in [0.5, 0.6) is 0 Å². The van der Waals surface area contributed by atoms with Gasteiger partial charge in [-0.1, -0.05) is 151 Å². The summed E-state index contributed by atoms with van der Waals surface area (Å²) in [6.45, 7) is 13.7. The van der Waals surface area contributed by atoms with E-state index in [4.69, 9.17) is 8.83 Å². The number of para-hydroxylation sites is 2. The first-order chi connectivity index (χ1) is 26.0. The minimum atomic E-state index is 0.0132. The van der Waals surface area contributed by atoms with E-state index in [1.807, 2.05) is 12.1 Å². The highest BCUT2D eigenvalue weighted by Gasteiger charge is 2.24. The summed E-state index contributed by atoms with van der Waals surface area (Å²) < 4.78 is 13.3. The number of benzene rings is 8. The molecule has 10 rings (SSSR count). The Labute approximate surface area is 316 Å². The quantitative estimate of drug-likeness (QED) is 0.171. The van der Waals surface area contributed by atoms with Gasteiger partial charge < -0.3 is 8.83 Å². The van der Waals surface area contributed by atoms with E-state index < -0.39 is 0 Å². The van der Waals surface area contributed by atoms with Crippen LogP contribution in [0.25, 0.3) is 99.2 Å². The molecule has 0 aliphatic heterocycles. The van der Waals surface area contributed by atoms with Gasteiger partial charge in [-0.15, -0.1) is 0 Å². The molecule has 262 valence electrons. The fourth-order valence-corrected chi connectivity index (χ4v) is 8.41. The summed E-state index contributed by atoms with van der Waals surface area (Å²) in [4.78, 5) is 0. The van der Waals surface area contributed by atoms with Gasteiger partial charge in [0.2, 0.25) is 0 Å². The summed E-state index contributed by atoms with van der Waals surface area (Å²) in [7, 11) is 0. The highest BCUT2D eigenvalue weighted by Crippen LogP contribution is 2.49. The molecule has 0 N–H and O–H groups in total. The van der Waals surface area contributed by atoms with E-state index in [1.165, 1.54) is 65.7 Å². The maximum absolute atomic E-state index is 6.66. The SMILES string of the molecule is CC(C)(C)c1cccc(-c2cc(-c3cc4ccccc4o3)c3ccc4c(-c5cccc(C(C)(C)C)c5)cc(-c5cc6ccccc6o5)c5ccc2c3c45)c1. The third-order valence-corrected chi connectivity index (χ3v) is 11.4. The molecule has 0 unspecified atom stereocenters. The number of furan rings is 2. The molecule has 0 saturated carbocycles. The van der Waals surface area contributed by atoms with E-state index in [2.05, 4.69) is 175 Å². The topological polar surface area (TPSA) is 26.3 Å². The van der Waals surface area contributed by atoms with Crippen molar-refractivity contribution in [3.05, 3.63) is 157 Å². The van der Waals surface area contributed by atoms with Gasteiger partial charge in [0.15, 0.2) is 0 Å². The molecule has 54 heavy (non-hydrogen) atoms. The van der Waals surface area contributed by atoms with Crippen molar-refractivity contribution in [3.8, 4) is 44.9 Å². The van der Waals surface area contributed by atoms with Crippen molar-refractivity contribution in [2.24, 2.45) is 0 Å². The molecular weight excluding hydrogens is 657 g/mol. The molecule has 2 heteroatoms. The molecule has 0 aliphatic rings. The van der Waals surface area contributed by atoms with Crippen molar-refractivity contribution in [2.45, 2.75) is 52.4 Å². The Morgan fingerprint density at radius 3 is 1.13 bits per heavy atom. The van der Waals surface area contributed by atoms with Crippen LogP contribution >= 0.6 is 0 Å². The lowest BCUT2D eigenvalue weighted by molar-refractivity contribution is 0.590. The van der Waals surface area contributed by atoms with E-state index in [1.54, 1.807) is 0 Å². The summed E-state index contributed by atoms with van der Waals surface area (Å²) in [6.07, 6.45) is 0. The summed E-state index contributed by atoms with van der Waals surface area (Å²) in [5.74, 6) is 1.75. The molecule has 0 fully saturated rings. The maximum atomic E-state index is 6.66. The third-order valence-electron chi connectivity index (χ3n) is 11.4. The van der Waals surface area contributed by atoms with Gasteiger partial charge in [0.1, 0.15) is 22.7 Å². The molecule has 0 spiro atoms. The van der Waals surface area contributed by atoms with Crippen LogP contribution in [-0.4, -0.2) is 0 Å². The van der Waals surface area contributed by atoms with Crippen molar-refractivity contribution in [1.29, 1.82) is 0 Å². The van der Waals surface area contributed by atoms with Gasteiger partial charge in [-0.2, -0.15) is 0 Å². The zero-order valence-electron chi connectivity index (χ0n) is 31.7. The van der Waals surface area contributed by atoms with Gasteiger partial charge >= 0.3 is 0 Å². The predicted octanol–water partition coefficient (Wildman–Crippen LogP) is 15.3. The van der Waals surface area contributed by atoms with Crippen LogP contribution in [0.1, 0.15) is 52.7 Å². The summed E-state index contributed by atoms with van der Waals surface area (Å²) in [6, 6.07) is 53.2. The van der Waals surface area contributed by atoms with Gasteiger partial charge in [-0.25, -0.2) is 0 Å². The van der Waals surface area contributed by atoms with Crippen LogP contribution in [0.4, 0.5) is 0 Å². The predicted molar refractivity (Wildman–Crippen MR) is 229 cm³/mol. The van der Waals surface area contributed by atoms with Crippen LogP contribution in [0.3, 0.4) is 0 Å². The first-order valence-electron chi connectivity index (χ1n) is 19.0. The standard InChI is InChI=1S/C52H42O2/c1-51(2,3)35-17-11-15-31(25-35)41-29-43(47-27-33-13-7-9-19-45(33)53-47)39-24-22-38-42(32-16-12-18-36(26-32)52(4,5)6)30-44(40-23-21-37(41)49(39)50(38)40)48-28-34-14-8-10-20-46(34)54-48/h7-30H,1-6H3. The monoisotopic (exact) mass is 698 g/mol. The molecule has 0 aliphatic carbocycles. The number of hydrogen-bond acceptors (Lipinski definition) is 2. The van der Waals surface area contributed by atoms with Crippen molar-refractivity contribution >= 4 is 54.3 Å². The molecular formula is C52H42O2. The lowest BCUT2D eigenvalue weighted by Gasteiger charge is -2.23. The van der Waals surface area contributed by atoms with E-state index in [9.17, 15) is 0 Å². The number of hydrogen-bond donors (Lipinski definition) is 0. The zero-order valence-corrected chi connectivity index (χ0v) is 31.7. The Morgan fingerprint density at radius 2 is 0.741 bits per heavy atom. The summed E-state index contributed by atoms with van der Waals surface area (Å²) in [5.41, 5.74) is 11.4. The Bertz CT molecular complexity index is 2790. The van der Waals surface area contributed by atoms with Gasteiger partial charge in [0.05, 0.1) is 0 Å². The highest BCUT2D eigenvalue weighted by molar-refractivity contribution is 6.31. The summed E-state index contributed by atoms with van der Waals surface area (Å²) >= 11 is 0. The van der Waals surface area contributed by atoms with Gasteiger partial charge in [0.25, 0.3) is 0 Å². The molecule has 0 radical (unpaired) electrons. The second-order valence-corrected chi connectivity index (χ2v) is 17.0. The first-order valence-corrected chi connectivity index (χ1v) is 19.0. The molecule has 0 bridgehead atoms. The Kier molecular flexibility index (Phi) is 7.04. The van der Waals surface area contributed by atoms with E-state index in [0.717, 1.165) is 44.6 Å². The summed E-state index contributed by atoms with van der Waals surface area (Å²) in [5, 5.41) is 9.49. The fraction of sp³-hybridized carbons (Fsp3) is 0.154. The second kappa shape index (κ2) is 11.7. The lowest BCUT2D eigenvalue weighted by atomic mass is 9.81. The minimum Gasteiger partial charge on any atom is -0.456 e. The van der Waals surface area contributed by atoms with E-state index >= 15 is 0 Å². The van der Waals surface area contributed by atoms with Crippen LogP contribution in [0.15, 0.2) is 154 Å². The normalized spacial score (nSPS) is 12.6. The average molecular weight is 699 g/mol. The maximum Gasteiger partial charge on any atom is 0.136 e. The molecule has 2 aromatic heterocycles. The fourth-order valence-electron chi connectivity index (χ4n) is 8.41. The molecule has 0 amide bonds. The Morgan fingerprint density at radius 1 is 0.352 bits per heavy atom. The highest BCUT2D eigenvalue weighted by atomic mass is 16.3. The Balaban J connectivity index is 1.37. The average Bonchev–Trinajstić information content (AvgIpc) is 3.81. The van der Waals surface area contributed by atoms with Gasteiger partial charge in [-0.3, -0.25) is 0 Å². The largest absolute Gasteiger partial charge is 0.456 e. The molecule has 10 aromatic rings. The third kappa shape index (κ3) is 5.16. The number of fused-ring (bicyclic) bond motifs is 2. The van der Waals surface area contributed by atoms with Crippen LogP contribution in [-0.2, 0) is 10.8 Å². The zero-order chi connectivity index (χ0) is 36.9. The van der Waals surface area contributed by atoms with E-state index in [-0.39, 0.29) is 10.8 Å². The van der Waals surface area contributed by atoms with Crippen molar-refractivity contribution in [2.75, 3.05) is 0 Å². The number of rotatable bonds is 4. The van der Waals surface area contributed by atoms with Crippen LogP contribution < -0.4 is 0 Å². The van der Waals surface area contributed by atoms with Gasteiger partial charge in [0, 0.05) is 21.9 Å². The van der Waals surface area contributed by atoms with E-state index in [0.29, 0.717) is 0 Å². The Hall–Kier alpha value is -6.12. The molecule has 8 aromatic carbocycles. The molecule has 2 nitrogen and oxygen atoms in total. The van der Waals surface area contributed by atoms with Crippen molar-refractivity contribution < 1.29 is 8.83 Å². The minimum absolute atomic E-state index is 0.0132. The lowest BCUT2D eigenvalue weighted by Crippen LogP contribution is -2.10. The van der Waals surface area contributed by atoms with Crippen LogP contribution in [0.2, 0.25) is 0 Å². The molecule has 2 heterocycles. The van der Waals surface area contributed by atoms with Gasteiger partial charge in [-0.05, 0) is 113 Å². The molecule has 0 saturated heterocycles. The second-order valence-electron chi connectivity index (χ2n) is 17.0. The molecule has 0 atom stereocenters. The van der Waals surface area contributed by atoms with Crippen molar-refractivity contribution in [3.63, 3.8) is 0 Å². The first kappa shape index (κ1) is 32.5. The van der Waals surface area contributed by atoms with Crippen LogP contribution in [0, 0.1) is 0 Å².